The molecule has 0 unspecified atom stereocenters. The number of rotatable bonds is 5. The van der Waals surface area contributed by atoms with E-state index in [1.54, 1.807) is 41.9 Å². The number of carbonyl (C=O) groups excluding carboxylic acids is 2. The van der Waals surface area contributed by atoms with E-state index < -0.39 is 23.5 Å². The summed E-state index contributed by atoms with van der Waals surface area (Å²) in [4.78, 5) is 31.4. The number of ketones is 1. The Morgan fingerprint density at radius 3 is 2.52 bits per heavy atom. The number of allylic oxidation sites excluding steroid dienone is 1. The number of benzene rings is 2. The summed E-state index contributed by atoms with van der Waals surface area (Å²) in [5, 5.41) is 13.2. The second-order valence-corrected chi connectivity index (χ2v) is 7.62. The molecule has 0 saturated carbocycles. The van der Waals surface area contributed by atoms with E-state index in [1.165, 1.54) is 22.3 Å². The molecule has 144 valence electrons. The molecular weight excluding hydrogens is 408 g/mol. The van der Waals surface area contributed by atoms with Gasteiger partial charge in [-0.1, -0.05) is 60.1 Å². The van der Waals surface area contributed by atoms with Crippen LogP contribution in [0.2, 0.25) is 5.02 Å². The molecule has 1 amide bonds. The van der Waals surface area contributed by atoms with Gasteiger partial charge in [0.15, 0.2) is 16.7 Å². The maximum absolute atomic E-state index is 13.0. The smallest absolute Gasteiger partial charge is 0.296 e. The Bertz CT molecular complexity index is 1110. The van der Waals surface area contributed by atoms with E-state index in [0.717, 1.165) is 5.56 Å². The van der Waals surface area contributed by atoms with Crippen molar-refractivity contribution in [2.45, 2.75) is 6.04 Å². The van der Waals surface area contributed by atoms with Crippen LogP contribution in [0.3, 0.4) is 0 Å². The first-order chi connectivity index (χ1) is 14.1. The molecule has 5 nitrogen and oxygen atoms in total. The van der Waals surface area contributed by atoms with E-state index in [-0.39, 0.29) is 5.57 Å². The minimum atomic E-state index is -0.793. The van der Waals surface area contributed by atoms with Gasteiger partial charge in [-0.3, -0.25) is 14.5 Å². The van der Waals surface area contributed by atoms with Gasteiger partial charge < -0.3 is 5.11 Å². The molecule has 1 aliphatic rings. The van der Waals surface area contributed by atoms with Crippen LogP contribution in [0.5, 0.6) is 0 Å². The highest BCUT2D eigenvalue weighted by Crippen LogP contribution is 2.41. The molecule has 2 aromatic carbocycles. The van der Waals surface area contributed by atoms with Gasteiger partial charge in [-0.05, 0) is 29.3 Å². The van der Waals surface area contributed by atoms with Crippen LogP contribution in [0.1, 0.15) is 17.2 Å². The molecule has 29 heavy (non-hydrogen) atoms. The Hall–Kier alpha value is -3.22. The van der Waals surface area contributed by atoms with Crippen molar-refractivity contribution in [1.82, 2.24) is 4.98 Å². The third kappa shape index (κ3) is 3.72. The number of thiazole rings is 1. The molecule has 1 aliphatic heterocycles. The van der Waals surface area contributed by atoms with Gasteiger partial charge in [-0.25, -0.2) is 4.98 Å². The van der Waals surface area contributed by atoms with Gasteiger partial charge in [0.2, 0.25) is 0 Å². The lowest BCUT2D eigenvalue weighted by Gasteiger charge is -2.24. The minimum absolute atomic E-state index is 0.0136. The van der Waals surface area contributed by atoms with Crippen molar-refractivity contribution in [3.63, 3.8) is 0 Å². The number of hydrogen-bond acceptors (Lipinski definition) is 5. The fourth-order valence-electron chi connectivity index (χ4n) is 3.18. The predicted octanol–water partition coefficient (Wildman–Crippen LogP) is 4.98. The molecule has 3 aromatic rings. The van der Waals surface area contributed by atoms with Gasteiger partial charge in [0, 0.05) is 16.6 Å². The van der Waals surface area contributed by atoms with Crippen molar-refractivity contribution in [2.24, 2.45) is 0 Å². The summed E-state index contributed by atoms with van der Waals surface area (Å²) in [6.45, 7) is 0. The molecule has 1 aromatic heterocycles. The summed E-state index contributed by atoms with van der Waals surface area (Å²) in [5.41, 5.74) is 1.50. The number of amides is 1. The van der Waals surface area contributed by atoms with Crippen LogP contribution >= 0.6 is 22.9 Å². The average Bonchev–Trinajstić information content (AvgIpc) is 3.35. The van der Waals surface area contributed by atoms with Crippen molar-refractivity contribution < 1.29 is 14.7 Å². The summed E-state index contributed by atoms with van der Waals surface area (Å²) in [6, 6.07) is 15.3. The highest BCUT2D eigenvalue weighted by atomic mass is 35.5. The Morgan fingerprint density at radius 2 is 1.86 bits per heavy atom. The normalized spacial score (nSPS) is 16.8. The molecule has 0 fully saturated rings. The highest BCUT2D eigenvalue weighted by Gasteiger charge is 2.44. The van der Waals surface area contributed by atoms with E-state index in [0.29, 0.717) is 15.7 Å². The Labute approximate surface area is 176 Å². The first kappa shape index (κ1) is 19.1. The lowest BCUT2D eigenvalue weighted by Crippen LogP contribution is -2.30. The minimum Gasteiger partial charge on any atom is -0.503 e. The van der Waals surface area contributed by atoms with Crippen molar-refractivity contribution in [2.75, 3.05) is 4.90 Å². The molecule has 0 bridgehead atoms. The van der Waals surface area contributed by atoms with Crippen LogP contribution in [0.25, 0.3) is 6.08 Å². The zero-order valence-electron chi connectivity index (χ0n) is 15.0. The zero-order valence-corrected chi connectivity index (χ0v) is 16.6. The Balaban J connectivity index is 1.77. The lowest BCUT2D eigenvalue weighted by atomic mass is 9.96. The maximum Gasteiger partial charge on any atom is 0.296 e. The number of halogens is 1. The fourth-order valence-corrected chi connectivity index (χ4v) is 3.97. The van der Waals surface area contributed by atoms with Gasteiger partial charge in [0.1, 0.15) is 0 Å². The molecule has 0 radical (unpaired) electrons. The number of aliphatic hydroxyl groups is 1. The summed E-state index contributed by atoms with van der Waals surface area (Å²) >= 11 is 7.25. The van der Waals surface area contributed by atoms with Crippen LogP contribution in [0.4, 0.5) is 5.13 Å². The van der Waals surface area contributed by atoms with Crippen molar-refractivity contribution in [3.8, 4) is 0 Å². The molecule has 1 N–H and O–H groups in total. The van der Waals surface area contributed by atoms with Crippen LogP contribution < -0.4 is 4.90 Å². The van der Waals surface area contributed by atoms with E-state index >= 15 is 0 Å². The number of nitrogens with zero attached hydrogens (tertiary/aromatic N) is 2. The van der Waals surface area contributed by atoms with Crippen LogP contribution in [0.15, 0.2) is 83.6 Å². The lowest BCUT2D eigenvalue weighted by molar-refractivity contribution is -0.117. The molecule has 2 heterocycles. The summed E-state index contributed by atoms with van der Waals surface area (Å²) in [5.74, 6) is -1.67. The van der Waals surface area contributed by atoms with Crippen LogP contribution in [-0.4, -0.2) is 21.8 Å². The highest BCUT2D eigenvalue weighted by molar-refractivity contribution is 7.13. The second-order valence-electron chi connectivity index (χ2n) is 6.31. The van der Waals surface area contributed by atoms with Crippen LogP contribution in [-0.2, 0) is 9.59 Å². The Morgan fingerprint density at radius 1 is 1.14 bits per heavy atom. The molecule has 1 atom stereocenters. The number of anilines is 1. The fraction of sp³-hybridized carbons (Fsp3) is 0.0455. The molecule has 0 aliphatic carbocycles. The van der Waals surface area contributed by atoms with Gasteiger partial charge in [0.25, 0.3) is 5.91 Å². The maximum atomic E-state index is 13.0. The summed E-state index contributed by atoms with van der Waals surface area (Å²) < 4.78 is 0. The SMILES string of the molecule is O=C(/C=C/c1ccccc1)C1=C(O)C(=O)N(c2nccs2)[C@H]1c1ccc(Cl)cc1. The van der Waals surface area contributed by atoms with E-state index in [4.69, 9.17) is 11.6 Å². The topological polar surface area (TPSA) is 70.5 Å². The molecule has 4 rings (SSSR count). The van der Waals surface area contributed by atoms with Crippen molar-refractivity contribution in [1.29, 1.82) is 0 Å². The predicted molar refractivity (Wildman–Crippen MR) is 114 cm³/mol. The Kier molecular flexibility index (Phi) is 5.29. The number of aliphatic hydroxyl groups excluding tert-OH is 1. The van der Waals surface area contributed by atoms with E-state index in [2.05, 4.69) is 4.98 Å². The van der Waals surface area contributed by atoms with E-state index in [1.807, 2.05) is 30.3 Å². The average molecular weight is 423 g/mol. The third-order valence-corrected chi connectivity index (χ3v) is 5.53. The third-order valence-electron chi connectivity index (χ3n) is 4.51. The standard InChI is InChI=1S/C22H15ClN2O3S/c23-16-9-7-15(8-10-16)19-18(17(26)11-6-14-4-2-1-3-5-14)20(27)21(28)25(19)22-24-12-13-29-22/h1-13,19,27H/b11-6+/t19-/m0/s1. The molecular formula is C22H15ClN2O3S. The quantitative estimate of drug-likeness (QED) is 0.589. The second kappa shape index (κ2) is 8.03. The summed E-state index contributed by atoms with van der Waals surface area (Å²) in [6.07, 6.45) is 4.58. The largest absolute Gasteiger partial charge is 0.503 e. The zero-order chi connectivity index (χ0) is 20.4. The number of carbonyl (C=O) groups is 2. The first-order valence-corrected chi connectivity index (χ1v) is 10.0. The summed E-state index contributed by atoms with van der Waals surface area (Å²) in [7, 11) is 0. The van der Waals surface area contributed by atoms with Gasteiger partial charge in [0.05, 0.1) is 11.6 Å². The monoisotopic (exact) mass is 422 g/mol. The number of aromatic nitrogens is 1. The molecule has 0 spiro atoms. The van der Waals surface area contributed by atoms with Gasteiger partial charge in [-0.15, -0.1) is 11.3 Å². The van der Waals surface area contributed by atoms with Crippen molar-refractivity contribution >= 4 is 45.8 Å². The molecule has 0 saturated heterocycles. The van der Waals surface area contributed by atoms with Crippen LogP contribution in [0, 0.1) is 0 Å². The van der Waals surface area contributed by atoms with Gasteiger partial charge in [-0.2, -0.15) is 0 Å². The van der Waals surface area contributed by atoms with Crippen molar-refractivity contribution in [3.05, 3.63) is 99.7 Å². The first-order valence-electron chi connectivity index (χ1n) is 8.75. The van der Waals surface area contributed by atoms with E-state index in [9.17, 15) is 14.7 Å². The van der Waals surface area contributed by atoms with Gasteiger partial charge >= 0.3 is 0 Å². The molecule has 7 heteroatoms. The number of hydrogen-bond donors (Lipinski definition) is 1.